The van der Waals surface area contributed by atoms with Crippen molar-refractivity contribution in [3.8, 4) is 22.5 Å². The van der Waals surface area contributed by atoms with Crippen LogP contribution in [0.5, 0.6) is 0 Å². The molecule has 0 amide bonds. The van der Waals surface area contributed by atoms with Gasteiger partial charge in [-0.05, 0) is 40.7 Å². The number of nitrogens with zero attached hydrogens (tertiary/aromatic N) is 2. The first-order valence-corrected chi connectivity index (χ1v) is 13.3. The predicted octanol–water partition coefficient (Wildman–Crippen LogP) is 9.32. The van der Waals surface area contributed by atoms with Crippen LogP contribution in [-0.2, 0) is 25.5 Å². The van der Waals surface area contributed by atoms with Gasteiger partial charge in [-0.2, -0.15) is 0 Å². The second-order valence-corrected chi connectivity index (χ2v) is 10.1. The fourth-order valence-electron chi connectivity index (χ4n) is 4.88. The molecule has 0 spiro atoms. The Labute approximate surface area is 254 Å². The molecule has 0 aliphatic carbocycles. The average molecular weight is 709 g/mol. The van der Waals surface area contributed by atoms with E-state index in [4.69, 9.17) is 4.42 Å². The van der Waals surface area contributed by atoms with Crippen LogP contribution in [0.2, 0.25) is 0 Å². The molecule has 0 N–H and O–H groups in total. The number of pyridine rings is 2. The second kappa shape index (κ2) is 12.4. The van der Waals surface area contributed by atoms with Gasteiger partial charge in [0, 0.05) is 43.3 Å². The maximum absolute atomic E-state index is 5.93. The summed E-state index contributed by atoms with van der Waals surface area (Å²) in [4.78, 5) is 8.84. The van der Waals surface area contributed by atoms with Crippen LogP contribution in [0.4, 0.5) is 0 Å². The van der Waals surface area contributed by atoms with E-state index in [1.807, 2.05) is 72.9 Å². The van der Waals surface area contributed by atoms with E-state index in [-0.39, 0.29) is 25.5 Å². The Kier molecular flexibility index (Phi) is 8.54. The molecule has 3 nitrogen and oxygen atoms in total. The van der Waals surface area contributed by atoms with Gasteiger partial charge in [0.15, 0.2) is 0 Å². The van der Waals surface area contributed by atoms with E-state index in [2.05, 4.69) is 90.5 Å². The fourth-order valence-corrected chi connectivity index (χ4v) is 4.88. The van der Waals surface area contributed by atoms with E-state index >= 15 is 0 Å². The predicted molar refractivity (Wildman–Crippen MR) is 163 cm³/mol. The van der Waals surface area contributed by atoms with Gasteiger partial charge in [-0.15, -0.1) is 59.7 Å². The van der Waals surface area contributed by atoms with E-state index in [0.717, 1.165) is 44.5 Å². The number of furan rings is 1. The summed E-state index contributed by atoms with van der Waals surface area (Å²) < 4.78 is 5.93. The van der Waals surface area contributed by atoms with Crippen LogP contribution in [0.15, 0.2) is 138 Å². The summed E-state index contributed by atoms with van der Waals surface area (Å²) in [5, 5.41) is 2.22. The Morgan fingerprint density at radius 1 is 0.585 bits per heavy atom. The topological polar surface area (TPSA) is 38.9 Å². The van der Waals surface area contributed by atoms with Crippen molar-refractivity contribution in [2.24, 2.45) is 0 Å². The molecule has 0 bridgehead atoms. The number of benzene rings is 4. The second-order valence-electron chi connectivity index (χ2n) is 10.1. The van der Waals surface area contributed by atoms with Crippen LogP contribution in [0, 0.1) is 12.1 Å². The van der Waals surface area contributed by atoms with Gasteiger partial charge in [0.25, 0.3) is 0 Å². The zero-order valence-corrected chi connectivity index (χ0v) is 25.2. The first kappa shape index (κ1) is 28.2. The van der Waals surface area contributed by atoms with E-state index in [1.54, 1.807) is 6.20 Å². The molecule has 0 fully saturated rings. The molecular weight excluding hydrogens is 681 g/mol. The Morgan fingerprint density at radius 2 is 1.34 bits per heavy atom. The van der Waals surface area contributed by atoms with E-state index < -0.39 is 0 Å². The molecule has 3 heterocycles. The molecule has 0 saturated heterocycles. The van der Waals surface area contributed by atoms with Gasteiger partial charge in [-0.3, -0.25) is 0 Å². The molecule has 1 radical (unpaired) electrons. The SMILES string of the molecule is CC(C)(c1ccccc1)c1ccnc(-c2[c-]cc3oc4ccccc4c3c2)c1.[Ir].[c-]1ccccc1-c1ccccn1. The van der Waals surface area contributed by atoms with Crippen molar-refractivity contribution in [1.82, 2.24) is 9.97 Å². The molecule has 0 atom stereocenters. The molecule has 4 aromatic carbocycles. The van der Waals surface area contributed by atoms with Gasteiger partial charge in [-0.1, -0.05) is 86.0 Å². The smallest absolute Gasteiger partial charge is 0.120 e. The van der Waals surface area contributed by atoms with E-state index in [1.165, 1.54) is 11.1 Å². The van der Waals surface area contributed by atoms with Crippen molar-refractivity contribution >= 4 is 21.9 Å². The third-order valence-electron chi connectivity index (χ3n) is 7.21. The van der Waals surface area contributed by atoms with Gasteiger partial charge in [0.2, 0.25) is 0 Å². The Balaban J connectivity index is 0.000000218. The minimum Gasteiger partial charge on any atom is -0.500 e. The fraction of sp³-hybridized carbons (Fsp3) is 0.0811. The number of rotatable bonds is 4. The summed E-state index contributed by atoms with van der Waals surface area (Å²) in [5.74, 6) is 0. The molecule has 7 aromatic rings. The number of para-hydroxylation sites is 1. The maximum Gasteiger partial charge on any atom is 0.120 e. The van der Waals surface area contributed by atoms with Crippen LogP contribution < -0.4 is 0 Å². The summed E-state index contributed by atoms with van der Waals surface area (Å²) in [6.45, 7) is 4.50. The number of fused-ring (bicyclic) bond motifs is 3. The van der Waals surface area contributed by atoms with Crippen molar-refractivity contribution < 1.29 is 24.5 Å². The third-order valence-corrected chi connectivity index (χ3v) is 7.21. The number of hydrogen-bond donors (Lipinski definition) is 0. The summed E-state index contributed by atoms with van der Waals surface area (Å²) >= 11 is 0. The Bertz CT molecular complexity index is 1830. The molecule has 41 heavy (non-hydrogen) atoms. The van der Waals surface area contributed by atoms with Crippen LogP contribution in [0.1, 0.15) is 25.0 Å². The third kappa shape index (κ3) is 6.05. The average Bonchev–Trinajstić information content (AvgIpc) is 3.41. The molecule has 3 aromatic heterocycles. The van der Waals surface area contributed by atoms with Crippen LogP contribution in [0.25, 0.3) is 44.5 Å². The molecule has 4 heteroatoms. The normalized spacial score (nSPS) is 11.0. The summed E-state index contributed by atoms with van der Waals surface area (Å²) in [6, 6.07) is 47.2. The zero-order chi connectivity index (χ0) is 27.4. The monoisotopic (exact) mass is 709 g/mol. The summed E-state index contributed by atoms with van der Waals surface area (Å²) in [6.07, 6.45) is 3.68. The minimum atomic E-state index is -0.106. The van der Waals surface area contributed by atoms with Crippen molar-refractivity contribution in [1.29, 1.82) is 0 Å². The van der Waals surface area contributed by atoms with Gasteiger partial charge < -0.3 is 14.4 Å². The molecule has 0 aliphatic heterocycles. The van der Waals surface area contributed by atoms with E-state index in [9.17, 15) is 0 Å². The van der Waals surface area contributed by atoms with Crippen molar-refractivity contribution in [2.75, 3.05) is 0 Å². The van der Waals surface area contributed by atoms with Crippen molar-refractivity contribution in [3.05, 3.63) is 157 Å². The Morgan fingerprint density at radius 3 is 2.12 bits per heavy atom. The van der Waals surface area contributed by atoms with Crippen molar-refractivity contribution in [3.63, 3.8) is 0 Å². The van der Waals surface area contributed by atoms with E-state index in [0.29, 0.717) is 0 Å². The summed E-state index contributed by atoms with van der Waals surface area (Å²) in [5.41, 5.74) is 8.07. The van der Waals surface area contributed by atoms with Crippen LogP contribution in [0.3, 0.4) is 0 Å². The van der Waals surface area contributed by atoms with Gasteiger partial charge in [0.1, 0.15) is 5.58 Å². The van der Waals surface area contributed by atoms with Gasteiger partial charge in [-0.25, -0.2) is 0 Å². The van der Waals surface area contributed by atoms with Gasteiger partial charge >= 0.3 is 0 Å². The van der Waals surface area contributed by atoms with Crippen molar-refractivity contribution in [2.45, 2.75) is 19.3 Å². The first-order chi connectivity index (χ1) is 19.6. The number of hydrogen-bond acceptors (Lipinski definition) is 3. The standard InChI is InChI=1S/C26H20NO.C11H8N.Ir/c1-26(2,19-8-4-3-5-9-19)20-14-15-27-23(17-20)18-12-13-25-22(16-18)21-10-6-7-11-24(21)28-25;1-2-6-10(7-3-1)11-8-4-5-9-12-11;/h3-11,13-17H,1-2H3;1-6,8-9H;/q2*-1;. The number of aromatic nitrogens is 2. The molecule has 0 unspecified atom stereocenters. The largest absolute Gasteiger partial charge is 0.500 e. The first-order valence-electron chi connectivity index (χ1n) is 13.3. The quantitative estimate of drug-likeness (QED) is 0.171. The zero-order valence-electron chi connectivity index (χ0n) is 22.8. The Hall–Kier alpha value is -4.37. The van der Waals surface area contributed by atoms with Crippen LogP contribution >= 0.6 is 0 Å². The minimum absolute atomic E-state index is 0. The maximum atomic E-state index is 5.93. The van der Waals surface area contributed by atoms with Gasteiger partial charge in [0.05, 0.1) is 5.58 Å². The molecule has 0 saturated carbocycles. The molecular formula is C37H28IrN2O-2. The van der Waals surface area contributed by atoms with Crippen LogP contribution in [-0.4, -0.2) is 9.97 Å². The molecule has 7 rings (SSSR count). The summed E-state index contributed by atoms with van der Waals surface area (Å²) in [7, 11) is 0. The molecule has 203 valence electrons. The molecule has 0 aliphatic rings.